The van der Waals surface area contributed by atoms with Crippen LogP contribution in [0.3, 0.4) is 0 Å². The van der Waals surface area contributed by atoms with Gasteiger partial charge in [-0.2, -0.15) is 5.10 Å². The molecule has 0 saturated carbocycles. The van der Waals surface area contributed by atoms with E-state index in [1.165, 1.54) is 9.36 Å². The van der Waals surface area contributed by atoms with Crippen molar-refractivity contribution in [1.82, 2.24) is 34.2 Å². The number of methoxy groups -OCH3 is 1. The number of rotatable bonds is 6. The summed E-state index contributed by atoms with van der Waals surface area (Å²) in [5.41, 5.74) is 0.262. The lowest BCUT2D eigenvalue weighted by atomic mass is 9.95. The lowest BCUT2D eigenvalue weighted by molar-refractivity contribution is 0.0704. The van der Waals surface area contributed by atoms with Crippen LogP contribution in [0.2, 0.25) is 0 Å². The molecule has 0 aromatic carbocycles. The summed E-state index contributed by atoms with van der Waals surface area (Å²) < 4.78 is 9.76. The second kappa shape index (κ2) is 7.81. The van der Waals surface area contributed by atoms with Gasteiger partial charge in [-0.1, -0.05) is 5.21 Å². The normalized spacial score (nSPS) is 15.6. The summed E-state index contributed by atoms with van der Waals surface area (Å²) >= 11 is 0. The maximum absolute atomic E-state index is 12.5. The van der Waals surface area contributed by atoms with E-state index in [4.69, 9.17) is 4.74 Å². The lowest BCUT2D eigenvalue weighted by Crippen LogP contribution is -2.38. The van der Waals surface area contributed by atoms with Gasteiger partial charge in [-0.25, -0.2) is 9.48 Å². The Hall–Kier alpha value is -2.49. The highest BCUT2D eigenvalue weighted by atomic mass is 16.5. The summed E-state index contributed by atoms with van der Waals surface area (Å²) in [7, 11) is 3.34. The Kier molecular flexibility index (Phi) is 5.50. The first-order valence-electron chi connectivity index (χ1n) is 8.87. The standard InChI is InChI=1S/C16H25N7O3/c1-4-22-14(18-23(16(22)25)9-10-26-3)12-5-7-21(8-6-12)15(24)13-11-20(2)19-17-13/h11-12H,4-10H2,1-3H3. The molecule has 1 aliphatic heterocycles. The van der Waals surface area contributed by atoms with E-state index in [2.05, 4.69) is 15.4 Å². The zero-order chi connectivity index (χ0) is 18.7. The van der Waals surface area contributed by atoms with Gasteiger partial charge in [0.15, 0.2) is 5.69 Å². The van der Waals surface area contributed by atoms with Gasteiger partial charge in [0.1, 0.15) is 5.82 Å². The fourth-order valence-electron chi connectivity index (χ4n) is 3.33. The van der Waals surface area contributed by atoms with Crippen molar-refractivity contribution in [2.45, 2.75) is 38.8 Å². The average Bonchev–Trinajstić information content (AvgIpc) is 3.22. The van der Waals surface area contributed by atoms with Crippen molar-refractivity contribution >= 4 is 5.91 Å². The van der Waals surface area contributed by atoms with Gasteiger partial charge >= 0.3 is 5.69 Å². The number of ether oxygens (including phenoxy) is 1. The monoisotopic (exact) mass is 363 g/mol. The minimum atomic E-state index is -0.102. The molecule has 1 fully saturated rings. The number of amides is 1. The summed E-state index contributed by atoms with van der Waals surface area (Å²) in [6, 6.07) is 0. The number of carbonyl (C=O) groups excluding carboxylic acids is 1. The van der Waals surface area contributed by atoms with Crippen molar-refractivity contribution in [3.8, 4) is 0 Å². The van der Waals surface area contributed by atoms with E-state index in [0.29, 0.717) is 38.5 Å². The van der Waals surface area contributed by atoms with Crippen LogP contribution in [0.5, 0.6) is 0 Å². The summed E-state index contributed by atoms with van der Waals surface area (Å²) in [6.07, 6.45) is 3.17. The minimum Gasteiger partial charge on any atom is -0.383 e. The molecule has 0 N–H and O–H groups in total. The topological polar surface area (TPSA) is 100 Å². The van der Waals surface area contributed by atoms with Crippen LogP contribution in [-0.4, -0.2) is 67.0 Å². The van der Waals surface area contributed by atoms with E-state index < -0.39 is 0 Å². The van der Waals surface area contributed by atoms with Gasteiger partial charge in [-0.3, -0.25) is 14.0 Å². The number of aryl methyl sites for hydroxylation is 1. The van der Waals surface area contributed by atoms with Gasteiger partial charge in [-0.15, -0.1) is 5.10 Å². The van der Waals surface area contributed by atoms with E-state index in [1.54, 1.807) is 29.8 Å². The van der Waals surface area contributed by atoms with Crippen molar-refractivity contribution in [2.75, 3.05) is 26.8 Å². The molecule has 2 aromatic heterocycles. The fourth-order valence-corrected chi connectivity index (χ4v) is 3.33. The predicted octanol–water partition coefficient (Wildman–Crippen LogP) is -0.141. The molecule has 0 unspecified atom stereocenters. The molecule has 2 aromatic rings. The predicted molar refractivity (Wildman–Crippen MR) is 92.9 cm³/mol. The van der Waals surface area contributed by atoms with Crippen molar-refractivity contribution in [3.63, 3.8) is 0 Å². The third-order valence-corrected chi connectivity index (χ3v) is 4.74. The summed E-state index contributed by atoms with van der Waals surface area (Å²) in [4.78, 5) is 26.7. The summed E-state index contributed by atoms with van der Waals surface area (Å²) in [5, 5.41) is 12.2. The average molecular weight is 363 g/mol. The number of aromatic nitrogens is 6. The Morgan fingerprint density at radius 3 is 2.65 bits per heavy atom. The Morgan fingerprint density at radius 2 is 2.08 bits per heavy atom. The van der Waals surface area contributed by atoms with E-state index >= 15 is 0 Å². The van der Waals surface area contributed by atoms with Crippen LogP contribution in [0.4, 0.5) is 0 Å². The molecule has 0 radical (unpaired) electrons. The number of hydrogen-bond acceptors (Lipinski definition) is 6. The Balaban J connectivity index is 1.69. The van der Waals surface area contributed by atoms with E-state index in [0.717, 1.165) is 18.7 Å². The van der Waals surface area contributed by atoms with Crippen molar-refractivity contribution < 1.29 is 9.53 Å². The quantitative estimate of drug-likeness (QED) is 0.708. The van der Waals surface area contributed by atoms with Gasteiger partial charge < -0.3 is 9.64 Å². The molecule has 3 rings (SSSR count). The van der Waals surface area contributed by atoms with Gasteiger partial charge in [-0.05, 0) is 19.8 Å². The number of nitrogens with zero attached hydrogens (tertiary/aromatic N) is 7. The minimum absolute atomic E-state index is 0.0994. The Labute approximate surface area is 151 Å². The first kappa shape index (κ1) is 18.3. The van der Waals surface area contributed by atoms with Gasteiger partial charge in [0.05, 0.1) is 19.3 Å². The zero-order valence-corrected chi connectivity index (χ0v) is 15.5. The zero-order valence-electron chi connectivity index (χ0n) is 15.5. The van der Waals surface area contributed by atoms with Crippen LogP contribution < -0.4 is 5.69 Å². The third-order valence-electron chi connectivity index (χ3n) is 4.74. The molecule has 3 heterocycles. The number of carbonyl (C=O) groups is 1. The molecular formula is C16H25N7O3. The number of hydrogen-bond donors (Lipinski definition) is 0. The fraction of sp³-hybridized carbons (Fsp3) is 0.688. The molecular weight excluding hydrogens is 338 g/mol. The summed E-state index contributed by atoms with van der Waals surface area (Å²) in [6.45, 7) is 4.65. The molecule has 1 saturated heterocycles. The SMILES string of the molecule is CCn1c(C2CCN(C(=O)c3cn(C)nn3)CC2)nn(CCOC)c1=O. The number of piperidine rings is 1. The highest BCUT2D eigenvalue weighted by Gasteiger charge is 2.29. The maximum Gasteiger partial charge on any atom is 0.345 e. The lowest BCUT2D eigenvalue weighted by Gasteiger charge is -2.31. The van der Waals surface area contributed by atoms with E-state index in [1.807, 2.05) is 6.92 Å². The van der Waals surface area contributed by atoms with Gasteiger partial charge in [0.25, 0.3) is 5.91 Å². The van der Waals surface area contributed by atoms with Crippen LogP contribution in [0.15, 0.2) is 11.0 Å². The van der Waals surface area contributed by atoms with E-state index in [9.17, 15) is 9.59 Å². The Morgan fingerprint density at radius 1 is 1.35 bits per heavy atom. The highest BCUT2D eigenvalue weighted by Crippen LogP contribution is 2.26. The molecule has 142 valence electrons. The highest BCUT2D eigenvalue weighted by molar-refractivity contribution is 5.91. The van der Waals surface area contributed by atoms with Crippen molar-refractivity contribution in [1.29, 1.82) is 0 Å². The van der Waals surface area contributed by atoms with Crippen molar-refractivity contribution in [3.05, 3.63) is 28.2 Å². The van der Waals surface area contributed by atoms with Gasteiger partial charge in [0.2, 0.25) is 0 Å². The largest absolute Gasteiger partial charge is 0.383 e. The van der Waals surface area contributed by atoms with Gasteiger partial charge in [0, 0.05) is 39.7 Å². The molecule has 0 aliphatic carbocycles. The maximum atomic E-state index is 12.5. The molecule has 0 bridgehead atoms. The van der Waals surface area contributed by atoms with Crippen LogP contribution in [-0.2, 0) is 24.9 Å². The van der Waals surface area contributed by atoms with Crippen LogP contribution in [0, 0.1) is 0 Å². The first-order valence-corrected chi connectivity index (χ1v) is 8.87. The van der Waals surface area contributed by atoms with Crippen LogP contribution >= 0.6 is 0 Å². The molecule has 0 atom stereocenters. The molecule has 0 spiro atoms. The van der Waals surface area contributed by atoms with E-state index in [-0.39, 0.29) is 17.5 Å². The first-order chi connectivity index (χ1) is 12.5. The van der Waals surface area contributed by atoms with Crippen LogP contribution in [0.1, 0.15) is 42.0 Å². The third kappa shape index (κ3) is 3.55. The molecule has 10 heteroatoms. The molecule has 10 nitrogen and oxygen atoms in total. The Bertz CT molecular complexity index is 814. The van der Waals surface area contributed by atoms with Crippen LogP contribution in [0.25, 0.3) is 0 Å². The smallest absolute Gasteiger partial charge is 0.345 e. The second-order valence-corrected chi connectivity index (χ2v) is 6.44. The summed E-state index contributed by atoms with van der Waals surface area (Å²) in [5.74, 6) is 0.868. The molecule has 1 amide bonds. The second-order valence-electron chi connectivity index (χ2n) is 6.44. The molecule has 26 heavy (non-hydrogen) atoms. The number of likely N-dealkylation sites (tertiary alicyclic amines) is 1. The molecule has 1 aliphatic rings. The van der Waals surface area contributed by atoms with Crippen molar-refractivity contribution in [2.24, 2.45) is 7.05 Å².